The Morgan fingerprint density at radius 1 is 1.27 bits per heavy atom. The van der Waals surface area contributed by atoms with E-state index in [9.17, 15) is 4.79 Å². The Balaban J connectivity index is 1.26. The summed E-state index contributed by atoms with van der Waals surface area (Å²) in [5.41, 5.74) is 17.8. The molecule has 0 bridgehead atoms. The zero-order valence-electron chi connectivity index (χ0n) is 19.1. The topological polar surface area (TPSA) is 106 Å². The molecule has 0 unspecified atom stereocenters. The van der Waals surface area contributed by atoms with Crippen LogP contribution in [0.3, 0.4) is 0 Å². The number of nitrogen functional groups attached to an aromatic ring is 1. The number of carbonyl (C=O) groups excluding carboxylic acids is 1. The molecule has 0 radical (unpaired) electrons. The van der Waals surface area contributed by atoms with Crippen molar-refractivity contribution >= 4 is 38.8 Å². The van der Waals surface area contributed by atoms with Crippen molar-refractivity contribution in [2.45, 2.75) is 51.3 Å². The molecule has 3 aromatic rings. The second-order valence-corrected chi connectivity index (χ2v) is 10.1. The van der Waals surface area contributed by atoms with Crippen molar-refractivity contribution in [2.24, 2.45) is 5.73 Å². The molecule has 8 heteroatoms. The summed E-state index contributed by atoms with van der Waals surface area (Å²) >= 11 is 1.37. The number of benzene rings is 1. The first-order chi connectivity index (χ1) is 15.9. The zero-order chi connectivity index (χ0) is 23.1. The van der Waals surface area contributed by atoms with E-state index in [1.165, 1.54) is 28.2 Å². The Morgan fingerprint density at radius 3 is 2.94 bits per heavy atom. The molecule has 1 aliphatic heterocycles. The zero-order valence-corrected chi connectivity index (χ0v) is 20.0. The molecule has 3 atom stereocenters. The van der Waals surface area contributed by atoms with Crippen LogP contribution in [0.25, 0.3) is 10.2 Å². The molecule has 5 N–H and O–H groups in total. The van der Waals surface area contributed by atoms with Crippen molar-refractivity contribution < 1.29 is 9.53 Å². The van der Waals surface area contributed by atoms with Crippen LogP contribution in [0.4, 0.5) is 11.4 Å². The van der Waals surface area contributed by atoms with Gasteiger partial charge in [-0.1, -0.05) is 6.07 Å². The SMILES string of the molecule is CCO[C@@H]1CN(c2ccc3c(c2)CC[C@H](NC(=O)c2sc4nc(C)ccc4c2N)C3)C[C@@H]1N. The van der Waals surface area contributed by atoms with Crippen LogP contribution in [0.15, 0.2) is 30.3 Å². The third-order valence-corrected chi connectivity index (χ3v) is 7.86. The van der Waals surface area contributed by atoms with Gasteiger partial charge in [-0.3, -0.25) is 4.79 Å². The second kappa shape index (κ2) is 8.93. The minimum Gasteiger partial charge on any atom is -0.397 e. The normalized spacial score (nSPS) is 22.5. The summed E-state index contributed by atoms with van der Waals surface area (Å²) in [6.45, 7) is 6.28. The van der Waals surface area contributed by atoms with Gasteiger partial charge in [0.15, 0.2) is 0 Å². The molecule has 1 amide bonds. The molecule has 3 heterocycles. The molecule has 1 saturated heterocycles. The summed E-state index contributed by atoms with van der Waals surface area (Å²) in [7, 11) is 0. The minimum absolute atomic E-state index is 0.0426. The summed E-state index contributed by atoms with van der Waals surface area (Å²) in [6, 6.07) is 10.7. The summed E-state index contributed by atoms with van der Waals surface area (Å²) in [5, 5.41) is 4.06. The molecule has 1 fully saturated rings. The average Bonchev–Trinajstić information content (AvgIpc) is 3.33. The highest BCUT2D eigenvalue weighted by molar-refractivity contribution is 7.21. The largest absolute Gasteiger partial charge is 0.397 e. The summed E-state index contributed by atoms with van der Waals surface area (Å²) < 4.78 is 5.78. The number of anilines is 2. The van der Waals surface area contributed by atoms with Gasteiger partial charge in [0.2, 0.25) is 0 Å². The number of nitrogens with one attached hydrogen (secondary N) is 1. The fraction of sp³-hybridized carbons (Fsp3) is 0.440. The van der Waals surface area contributed by atoms with Gasteiger partial charge in [-0.05, 0) is 68.5 Å². The molecule has 7 nitrogen and oxygen atoms in total. The van der Waals surface area contributed by atoms with Crippen LogP contribution in [0.1, 0.15) is 39.8 Å². The van der Waals surface area contributed by atoms with E-state index in [0.717, 1.165) is 48.3 Å². The van der Waals surface area contributed by atoms with Gasteiger partial charge in [0, 0.05) is 42.5 Å². The number of rotatable bonds is 5. The van der Waals surface area contributed by atoms with Gasteiger partial charge >= 0.3 is 0 Å². The number of carbonyl (C=O) groups is 1. The number of aromatic nitrogens is 1. The van der Waals surface area contributed by atoms with Gasteiger partial charge in [0.25, 0.3) is 5.91 Å². The van der Waals surface area contributed by atoms with E-state index in [1.54, 1.807) is 0 Å². The number of amides is 1. The van der Waals surface area contributed by atoms with E-state index < -0.39 is 0 Å². The standard InChI is InChI=1S/C25H31N5O2S/c1-3-32-21-13-30(12-20(21)26)18-8-6-15-10-17(7-5-16(15)11-18)29-24(31)23-22(27)19-9-4-14(2)28-25(19)33-23/h4,6,8-9,11,17,20-21H,3,5,7,10,12-13,26-27H2,1-2H3,(H,29,31)/t17-,20-,21+/m0/s1. The molecule has 5 rings (SSSR count). The number of pyridine rings is 1. The molecule has 174 valence electrons. The van der Waals surface area contributed by atoms with E-state index in [1.807, 2.05) is 26.0 Å². The van der Waals surface area contributed by atoms with Gasteiger partial charge < -0.3 is 26.4 Å². The quantitative estimate of drug-likeness (QED) is 0.535. The van der Waals surface area contributed by atoms with Crippen LogP contribution < -0.4 is 21.7 Å². The predicted molar refractivity (Wildman–Crippen MR) is 134 cm³/mol. The number of hydrogen-bond acceptors (Lipinski definition) is 7. The van der Waals surface area contributed by atoms with Crippen LogP contribution in [0, 0.1) is 6.92 Å². The third-order valence-electron chi connectivity index (χ3n) is 6.75. The van der Waals surface area contributed by atoms with Crippen molar-refractivity contribution in [3.8, 4) is 0 Å². The van der Waals surface area contributed by atoms with Crippen molar-refractivity contribution in [3.63, 3.8) is 0 Å². The lowest BCUT2D eigenvalue weighted by Gasteiger charge is -2.27. The molecule has 2 aromatic heterocycles. The maximum atomic E-state index is 13.0. The van der Waals surface area contributed by atoms with Crippen LogP contribution in [-0.4, -0.2) is 48.8 Å². The Morgan fingerprint density at radius 2 is 2.12 bits per heavy atom. The Labute approximate surface area is 198 Å². The van der Waals surface area contributed by atoms with E-state index in [-0.39, 0.29) is 24.1 Å². The monoisotopic (exact) mass is 465 g/mol. The van der Waals surface area contributed by atoms with Crippen molar-refractivity contribution in [1.82, 2.24) is 10.3 Å². The van der Waals surface area contributed by atoms with Gasteiger partial charge in [-0.25, -0.2) is 4.98 Å². The Bertz CT molecular complexity index is 1190. The Hall–Kier alpha value is -2.68. The lowest BCUT2D eigenvalue weighted by atomic mass is 9.87. The number of nitrogens with zero attached hydrogens (tertiary/aromatic N) is 2. The van der Waals surface area contributed by atoms with Crippen molar-refractivity contribution in [3.05, 3.63) is 52.0 Å². The van der Waals surface area contributed by atoms with Gasteiger partial charge in [-0.2, -0.15) is 0 Å². The van der Waals surface area contributed by atoms with E-state index in [0.29, 0.717) is 17.2 Å². The van der Waals surface area contributed by atoms with E-state index in [2.05, 4.69) is 33.4 Å². The van der Waals surface area contributed by atoms with Crippen molar-refractivity contribution in [2.75, 3.05) is 30.3 Å². The number of ether oxygens (including phenoxy) is 1. The average molecular weight is 466 g/mol. The molecular weight excluding hydrogens is 434 g/mol. The summed E-state index contributed by atoms with van der Waals surface area (Å²) in [5.74, 6) is -0.105. The highest BCUT2D eigenvalue weighted by Gasteiger charge is 2.31. The van der Waals surface area contributed by atoms with Gasteiger partial charge in [0.1, 0.15) is 9.71 Å². The minimum atomic E-state index is -0.105. The first-order valence-electron chi connectivity index (χ1n) is 11.6. The number of hydrogen-bond donors (Lipinski definition) is 3. The summed E-state index contributed by atoms with van der Waals surface area (Å²) in [6.07, 6.45) is 2.76. The van der Waals surface area contributed by atoms with E-state index >= 15 is 0 Å². The molecule has 2 aliphatic rings. The van der Waals surface area contributed by atoms with Crippen LogP contribution in [0.2, 0.25) is 0 Å². The number of fused-ring (bicyclic) bond motifs is 2. The predicted octanol–water partition coefficient (Wildman–Crippen LogP) is 3.03. The fourth-order valence-electron chi connectivity index (χ4n) is 4.97. The van der Waals surface area contributed by atoms with Crippen LogP contribution in [0.5, 0.6) is 0 Å². The van der Waals surface area contributed by atoms with Crippen LogP contribution in [-0.2, 0) is 17.6 Å². The number of aryl methyl sites for hydroxylation is 2. The molecular formula is C25H31N5O2S. The maximum absolute atomic E-state index is 13.0. The highest BCUT2D eigenvalue weighted by Crippen LogP contribution is 2.33. The third kappa shape index (κ3) is 4.30. The van der Waals surface area contributed by atoms with Crippen LogP contribution >= 0.6 is 11.3 Å². The maximum Gasteiger partial charge on any atom is 0.263 e. The van der Waals surface area contributed by atoms with Crippen molar-refractivity contribution in [1.29, 1.82) is 0 Å². The molecule has 0 saturated carbocycles. The molecule has 33 heavy (non-hydrogen) atoms. The smallest absolute Gasteiger partial charge is 0.263 e. The highest BCUT2D eigenvalue weighted by atomic mass is 32.1. The van der Waals surface area contributed by atoms with E-state index in [4.69, 9.17) is 16.2 Å². The first-order valence-corrected chi connectivity index (χ1v) is 12.4. The molecule has 1 aliphatic carbocycles. The molecule has 0 spiro atoms. The van der Waals surface area contributed by atoms with Gasteiger partial charge in [-0.15, -0.1) is 11.3 Å². The number of nitrogens with two attached hydrogens (primary N) is 2. The summed E-state index contributed by atoms with van der Waals surface area (Å²) in [4.78, 5) is 21.2. The fourth-order valence-corrected chi connectivity index (χ4v) is 6.01. The lowest BCUT2D eigenvalue weighted by Crippen LogP contribution is -2.38. The number of thiophene rings is 1. The first kappa shape index (κ1) is 22.1. The second-order valence-electron chi connectivity index (χ2n) is 9.08. The Kier molecular flexibility index (Phi) is 5.99. The molecule has 1 aromatic carbocycles. The lowest BCUT2D eigenvalue weighted by molar-refractivity contribution is 0.0680. The van der Waals surface area contributed by atoms with Gasteiger partial charge in [0.05, 0.1) is 17.8 Å².